The van der Waals surface area contributed by atoms with Gasteiger partial charge in [0.2, 0.25) is 5.91 Å². The molecular weight excluding hydrogens is 340 g/mol. The number of carbonyl (C=O) groups excluding carboxylic acids is 1. The van der Waals surface area contributed by atoms with Crippen LogP contribution in [0.2, 0.25) is 0 Å². The number of benzene rings is 2. The van der Waals surface area contributed by atoms with Crippen molar-refractivity contribution in [1.29, 1.82) is 0 Å². The van der Waals surface area contributed by atoms with Gasteiger partial charge in [-0.1, -0.05) is 18.2 Å². The second-order valence-corrected chi connectivity index (χ2v) is 6.36. The Hall–Kier alpha value is -3.09. The molecule has 0 atom stereocenters. The van der Waals surface area contributed by atoms with Crippen LogP contribution in [0.15, 0.2) is 47.3 Å². The molecule has 1 aliphatic rings. The number of hydrogen-bond acceptors (Lipinski definition) is 3. The maximum atomic E-state index is 14.1. The van der Waals surface area contributed by atoms with E-state index in [0.29, 0.717) is 11.4 Å². The maximum Gasteiger partial charge on any atom is 0.283 e. The summed E-state index contributed by atoms with van der Waals surface area (Å²) in [5.41, 5.74) is 2.60. The average Bonchev–Trinajstić information content (AvgIpc) is 3.42. The fraction of sp³-hybridized carbons (Fsp3) is 0.211. The molecule has 5 nitrogen and oxygen atoms in total. The highest BCUT2D eigenvalue weighted by atomic mass is 19.1. The summed E-state index contributed by atoms with van der Waals surface area (Å²) in [6, 6.07) is 9.91. The van der Waals surface area contributed by atoms with Crippen molar-refractivity contribution in [3.05, 3.63) is 75.8 Å². The lowest BCUT2D eigenvalue weighted by atomic mass is 10.1. The van der Waals surface area contributed by atoms with E-state index in [9.17, 15) is 18.4 Å². The summed E-state index contributed by atoms with van der Waals surface area (Å²) in [5, 5.41) is -0.164. The molecular formula is C19H15F2N3O2. The monoisotopic (exact) mass is 355 g/mol. The van der Waals surface area contributed by atoms with Gasteiger partial charge in [0.1, 0.15) is 22.8 Å². The molecule has 0 unspecified atom stereocenters. The van der Waals surface area contributed by atoms with Gasteiger partial charge in [0.05, 0.1) is 11.9 Å². The topological polar surface area (TPSA) is 64.0 Å². The molecule has 26 heavy (non-hydrogen) atoms. The van der Waals surface area contributed by atoms with Crippen LogP contribution >= 0.6 is 0 Å². The normalized spacial score (nSPS) is 13.8. The third-order valence-corrected chi connectivity index (χ3v) is 4.31. The first-order valence-electron chi connectivity index (χ1n) is 8.28. The lowest BCUT2D eigenvalue weighted by molar-refractivity contribution is -0.116. The van der Waals surface area contributed by atoms with E-state index in [1.54, 1.807) is 12.1 Å². The highest BCUT2D eigenvalue weighted by molar-refractivity contribution is 5.86. The van der Waals surface area contributed by atoms with Gasteiger partial charge >= 0.3 is 0 Å². The minimum absolute atomic E-state index is 0.0600. The van der Waals surface area contributed by atoms with E-state index in [1.807, 2.05) is 0 Å². The molecule has 2 aromatic carbocycles. The lowest BCUT2D eigenvalue weighted by Gasteiger charge is -2.14. The standard InChI is InChI=1S/C19H15F2N3O2/c20-13-4-1-3-11(9-13)10-16(25)23-24-18(12-7-8-12)22-15-6-2-5-14(21)17(15)19(24)26/h1-6,9,12H,7-8,10H2,(H,23,25). The summed E-state index contributed by atoms with van der Waals surface area (Å²) >= 11 is 0. The highest BCUT2D eigenvalue weighted by Gasteiger charge is 2.30. The van der Waals surface area contributed by atoms with E-state index in [-0.39, 0.29) is 23.2 Å². The molecule has 0 bridgehead atoms. The van der Waals surface area contributed by atoms with E-state index in [1.165, 1.54) is 30.3 Å². The smallest absolute Gasteiger partial charge is 0.273 e. The van der Waals surface area contributed by atoms with Crippen molar-refractivity contribution in [3.8, 4) is 0 Å². The van der Waals surface area contributed by atoms with Gasteiger partial charge in [-0.25, -0.2) is 18.4 Å². The zero-order chi connectivity index (χ0) is 18.3. The maximum absolute atomic E-state index is 14.1. The highest BCUT2D eigenvalue weighted by Crippen LogP contribution is 2.38. The molecule has 1 saturated carbocycles. The third kappa shape index (κ3) is 3.08. The van der Waals surface area contributed by atoms with E-state index < -0.39 is 23.1 Å². The zero-order valence-electron chi connectivity index (χ0n) is 13.7. The third-order valence-electron chi connectivity index (χ3n) is 4.31. The predicted octanol–water partition coefficient (Wildman–Crippen LogP) is 2.86. The molecule has 0 aliphatic heterocycles. The van der Waals surface area contributed by atoms with Crippen LogP contribution < -0.4 is 11.0 Å². The summed E-state index contributed by atoms with van der Waals surface area (Å²) in [4.78, 5) is 29.5. The number of fused-ring (bicyclic) bond motifs is 1. The van der Waals surface area contributed by atoms with Gasteiger partial charge < -0.3 is 0 Å². The minimum atomic E-state index is -0.685. The van der Waals surface area contributed by atoms with Crippen LogP contribution in [0.25, 0.3) is 10.9 Å². The molecule has 132 valence electrons. The Morgan fingerprint density at radius 1 is 1.19 bits per heavy atom. The molecule has 1 aromatic heterocycles. The summed E-state index contributed by atoms with van der Waals surface area (Å²) in [6.07, 6.45) is 1.60. The number of amides is 1. The molecule has 3 aromatic rings. The molecule has 0 spiro atoms. The van der Waals surface area contributed by atoms with E-state index in [0.717, 1.165) is 17.5 Å². The molecule has 1 aliphatic carbocycles. The number of nitrogens with zero attached hydrogens (tertiary/aromatic N) is 2. The summed E-state index contributed by atoms with van der Waals surface area (Å²) in [5.74, 6) is -1.15. The van der Waals surface area contributed by atoms with Crippen molar-refractivity contribution < 1.29 is 13.6 Å². The van der Waals surface area contributed by atoms with Crippen LogP contribution in [-0.4, -0.2) is 15.6 Å². The van der Waals surface area contributed by atoms with E-state index in [2.05, 4.69) is 10.4 Å². The Kier molecular flexibility index (Phi) is 3.99. The number of hydrogen-bond donors (Lipinski definition) is 1. The first-order valence-corrected chi connectivity index (χ1v) is 8.28. The van der Waals surface area contributed by atoms with Crippen molar-refractivity contribution in [2.24, 2.45) is 0 Å². The fourth-order valence-corrected chi connectivity index (χ4v) is 2.93. The Balaban J connectivity index is 1.72. The first kappa shape index (κ1) is 16.4. The number of nitrogens with one attached hydrogen (secondary N) is 1. The van der Waals surface area contributed by atoms with Crippen LogP contribution in [0.5, 0.6) is 0 Å². The molecule has 0 saturated heterocycles. The number of halogens is 2. The van der Waals surface area contributed by atoms with Crippen molar-refractivity contribution in [1.82, 2.24) is 9.66 Å². The van der Waals surface area contributed by atoms with Gasteiger partial charge in [-0.3, -0.25) is 15.0 Å². The van der Waals surface area contributed by atoms with E-state index in [4.69, 9.17) is 0 Å². The summed E-state index contributed by atoms with van der Waals surface area (Å²) in [7, 11) is 0. The van der Waals surface area contributed by atoms with Crippen LogP contribution in [0.4, 0.5) is 8.78 Å². The van der Waals surface area contributed by atoms with Gasteiger partial charge in [0, 0.05) is 5.92 Å². The van der Waals surface area contributed by atoms with Crippen LogP contribution in [0.1, 0.15) is 30.1 Å². The Morgan fingerprint density at radius 2 is 1.96 bits per heavy atom. The quantitative estimate of drug-likeness (QED) is 0.783. The van der Waals surface area contributed by atoms with Gasteiger partial charge in [-0.05, 0) is 42.7 Å². The second kappa shape index (κ2) is 6.33. The average molecular weight is 355 g/mol. The number of carbonyl (C=O) groups is 1. The SMILES string of the molecule is O=C(Cc1cccc(F)c1)Nn1c(C2CC2)nc2cccc(F)c2c1=O. The molecule has 0 radical (unpaired) electrons. The first-order chi connectivity index (χ1) is 12.5. The number of aromatic nitrogens is 2. The van der Waals surface area contributed by atoms with Crippen molar-refractivity contribution in [2.75, 3.05) is 5.43 Å². The molecule has 4 rings (SSSR count). The number of rotatable bonds is 4. The molecule has 1 amide bonds. The Bertz CT molecular complexity index is 1070. The van der Waals surface area contributed by atoms with Crippen LogP contribution in [0, 0.1) is 11.6 Å². The zero-order valence-corrected chi connectivity index (χ0v) is 13.7. The van der Waals surface area contributed by atoms with Crippen molar-refractivity contribution >= 4 is 16.8 Å². The predicted molar refractivity (Wildman–Crippen MR) is 92.4 cm³/mol. The Labute approximate surface area is 147 Å². The summed E-state index contributed by atoms with van der Waals surface area (Å²) in [6.45, 7) is 0. The van der Waals surface area contributed by atoms with Crippen LogP contribution in [0.3, 0.4) is 0 Å². The Morgan fingerprint density at radius 3 is 2.69 bits per heavy atom. The second-order valence-electron chi connectivity index (χ2n) is 6.36. The van der Waals surface area contributed by atoms with Crippen LogP contribution in [-0.2, 0) is 11.2 Å². The van der Waals surface area contributed by atoms with Gasteiger partial charge in [-0.15, -0.1) is 0 Å². The van der Waals surface area contributed by atoms with Crippen molar-refractivity contribution in [3.63, 3.8) is 0 Å². The molecule has 7 heteroatoms. The minimum Gasteiger partial charge on any atom is -0.273 e. The molecule has 1 fully saturated rings. The molecule has 1 N–H and O–H groups in total. The fourth-order valence-electron chi connectivity index (χ4n) is 2.93. The van der Waals surface area contributed by atoms with Gasteiger partial charge in [0.25, 0.3) is 5.56 Å². The van der Waals surface area contributed by atoms with E-state index >= 15 is 0 Å². The summed E-state index contributed by atoms with van der Waals surface area (Å²) < 4.78 is 28.4. The lowest BCUT2D eigenvalue weighted by Crippen LogP contribution is -2.37. The molecule has 1 heterocycles. The van der Waals surface area contributed by atoms with Gasteiger partial charge in [-0.2, -0.15) is 0 Å². The van der Waals surface area contributed by atoms with Crippen molar-refractivity contribution in [2.45, 2.75) is 25.2 Å². The van der Waals surface area contributed by atoms with Gasteiger partial charge in [0.15, 0.2) is 0 Å². The largest absolute Gasteiger partial charge is 0.283 e.